The van der Waals surface area contributed by atoms with Gasteiger partial charge in [-0.25, -0.2) is 0 Å². The molecule has 0 aromatic rings. The summed E-state index contributed by atoms with van der Waals surface area (Å²) in [4.78, 5) is 5.57. The van der Waals surface area contributed by atoms with E-state index in [-0.39, 0.29) is 0 Å². The zero-order chi connectivity index (χ0) is 13.1. The van der Waals surface area contributed by atoms with Crippen molar-refractivity contribution in [2.75, 3.05) is 26.2 Å². The molecule has 2 saturated heterocycles. The molecule has 106 valence electrons. The average molecular weight is 252 g/mol. The summed E-state index contributed by atoms with van der Waals surface area (Å²) < 4.78 is 0. The predicted octanol–water partition coefficient (Wildman–Crippen LogP) is 3.23. The minimum Gasteiger partial charge on any atom is -0.298 e. The van der Waals surface area contributed by atoms with Crippen LogP contribution in [0.1, 0.15) is 53.4 Å². The van der Waals surface area contributed by atoms with Gasteiger partial charge in [0.05, 0.1) is 0 Å². The highest BCUT2D eigenvalue weighted by Crippen LogP contribution is 2.26. The van der Waals surface area contributed by atoms with E-state index in [1.165, 1.54) is 51.9 Å². The van der Waals surface area contributed by atoms with Gasteiger partial charge in [0.2, 0.25) is 0 Å². The minimum absolute atomic E-state index is 0.806. The summed E-state index contributed by atoms with van der Waals surface area (Å²) in [6, 6.07) is 1.67. The lowest BCUT2D eigenvalue weighted by molar-refractivity contribution is -0.00180. The Morgan fingerprint density at radius 3 is 2.56 bits per heavy atom. The maximum absolute atomic E-state index is 2.80. The highest BCUT2D eigenvalue weighted by atomic mass is 15.3. The van der Waals surface area contributed by atoms with E-state index in [2.05, 4.69) is 37.5 Å². The van der Waals surface area contributed by atoms with E-state index in [1.54, 1.807) is 0 Å². The van der Waals surface area contributed by atoms with Gasteiger partial charge in [-0.2, -0.15) is 0 Å². The molecule has 18 heavy (non-hydrogen) atoms. The Morgan fingerprint density at radius 1 is 1.11 bits per heavy atom. The first-order chi connectivity index (χ1) is 8.61. The zero-order valence-corrected chi connectivity index (χ0v) is 12.9. The smallest absolute Gasteiger partial charge is 0.0223 e. The second kappa shape index (κ2) is 6.38. The summed E-state index contributed by atoms with van der Waals surface area (Å²) in [7, 11) is 0. The molecule has 3 atom stereocenters. The van der Waals surface area contributed by atoms with Crippen molar-refractivity contribution in [1.29, 1.82) is 0 Å². The molecule has 2 aliphatic heterocycles. The zero-order valence-electron chi connectivity index (χ0n) is 12.9. The van der Waals surface area contributed by atoms with Crippen LogP contribution in [0.25, 0.3) is 0 Å². The molecule has 3 unspecified atom stereocenters. The van der Waals surface area contributed by atoms with Gasteiger partial charge in [-0.1, -0.05) is 34.1 Å². The SMILES string of the molecule is CCC1CN2CCCCC2CN1CC(C)C(C)C. The minimum atomic E-state index is 0.806. The Hall–Kier alpha value is -0.0800. The lowest BCUT2D eigenvalue weighted by Gasteiger charge is -2.49. The van der Waals surface area contributed by atoms with E-state index in [0.29, 0.717) is 0 Å². The standard InChI is InChI=1S/C16H32N2/c1-5-15-11-17-9-7-6-8-16(17)12-18(15)10-14(4)13(2)3/h13-16H,5-12H2,1-4H3. The summed E-state index contributed by atoms with van der Waals surface area (Å²) in [5.74, 6) is 1.64. The third-order valence-corrected chi connectivity index (χ3v) is 5.29. The van der Waals surface area contributed by atoms with Gasteiger partial charge < -0.3 is 0 Å². The predicted molar refractivity (Wildman–Crippen MR) is 78.9 cm³/mol. The molecule has 0 amide bonds. The summed E-state index contributed by atoms with van der Waals surface area (Å²) in [6.07, 6.45) is 5.62. The third kappa shape index (κ3) is 3.27. The van der Waals surface area contributed by atoms with Gasteiger partial charge in [-0.05, 0) is 37.6 Å². The Balaban J connectivity index is 1.95. The molecule has 2 aliphatic rings. The van der Waals surface area contributed by atoms with Gasteiger partial charge in [0.15, 0.2) is 0 Å². The molecule has 0 aliphatic carbocycles. The van der Waals surface area contributed by atoms with Crippen molar-refractivity contribution in [3.8, 4) is 0 Å². The number of fused-ring (bicyclic) bond motifs is 1. The third-order valence-electron chi connectivity index (χ3n) is 5.29. The number of piperazine rings is 1. The van der Waals surface area contributed by atoms with E-state index in [4.69, 9.17) is 0 Å². The normalized spacial score (nSPS) is 32.5. The molecule has 0 aromatic carbocycles. The van der Waals surface area contributed by atoms with Crippen LogP contribution in [0.3, 0.4) is 0 Å². The van der Waals surface area contributed by atoms with Crippen LogP contribution in [0.15, 0.2) is 0 Å². The Morgan fingerprint density at radius 2 is 1.89 bits per heavy atom. The van der Waals surface area contributed by atoms with Crippen LogP contribution < -0.4 is 0 Å². The van der Waals surface area contributed by atoms with Gasteiger partial charge in [0, 0.05) is 31.7 Å². The van der Waals surface area contributed by atoms with Crippen LogP contribution in [0.5, 0.6) is 0 Å². The molecule has 2 rings (SSSR count). The van der Waals surface area contributed by atoms with Gasteiger partial charge in [0.25, 0.3) is 0 Å². The van der Waals surface area contributed by atoms with Crippen LogP contribution >= 0.6 is 0 Å². The van der Waals surface area contributed by atoms with Crippen molar-refractivity contribution in [2.24, 2.45) is 11.8 Å². The average Bonchev–Trinajstić information content (AvgIpc) is 2.37. The molecule has 0 saturated carbocycles. The molecule has 2 heterocycles. The summed E-state index contributed by atoms with van der Waals surface area (Å²) >= 11 is 0. The fraction of sp³-hybridized carbons (Fsp3) is 1.00. The van der Waals surface area contributed by atoms with Crippen molar-refractivity contribution in [3.05, 3.63) is 0 Å². The van der Waals surface area contributed by atoms with Crippen LogP contribution in [-0.4, -0.2) is 48.1 Å². The van der Waals surface area contributed by atoms with E-state index < -0.39 is 0 Å². The van der Waals surface area contributed by atoms with Crippen LogP contribution in [0.4, 0.5) is 0 Å². The molecular formula is C16H32N2. The van der Waals surface area contributed by atoms with E-state index in [1.807, 2.05) is 0 Å². The van der Waals surface area contributed by atoms with E-state index in [9.17, 15) is 0 Å². The summed E-state index contributed by atoms with van der Waals surface area (Å²) in [6.45, 7) is 14.8. The maximum atomic E-state index is 2.80. The number of rotatable bonds is 4. The summed E-state index contributed by atoms with van der Waals surface area (Å²) in [5, 5.41) is 0. The second-order valence-electron chi connectivity index (χ2n) is 6.88. The molecule has 0 aromatic heterocycles. The number of nitrogens with zero attached hydrogens (tertiary/aromatic N) is 2. The highest BCUT2D eigenvalue weighted by molar-refractivity contribution is 4.90. The fourth-order valence-electron chi connectivity index (χ4n) is 3.50. The first-order valence-corrected chi connectivity index (χ1v) is 8.10. The topological polar surface area (TPSA) is 6.48 Å². The number of hydrogen-bond acceptors (Lipinski definition) is 2. The molecule has 0 radical (unpaired) electrons. The Bertz CT molecular complexity index is 251. The molecule has 0 spiro atoms. The van der Waals surface area contributed by atoms with E-state index in [0.717, 1.165) is 23.9 Å². The van der Waals surface area contributed by atoms with Crippen LogP contribution in [0.2, 0.25) is 0 Å². The van der Waals surface area contributed by atoms with Crippen molar-refractivity contribution in [1.82, 2.24) is 9.80 Å². The first kappa shape index (κ1) is 14.3. The molecule has 0 N–H and O–H groups in total. The van der Waals surface area contributed by atoms with Crippen molar-refractivity contribution < 1.29 is 0 Å². The quantitative estimate of drug-likeness (QED) is 0.758. The van der Waals surface area contributed by atoms with Crippen LogP contribution in [0, 0.1) is 11.8 Å². The molecule has 2 fully saturated rings. The Labute approximate surface area is 114 Å². The summed E-state index contributed by atoms with van der Waals surface area (Å²) in [5.41, 5.74) is 0. The lowest BCUT2D eigenvalue weighted by atomic mass is 9.92. The van der Waals surface area contributed by atoms with Crippen molar-refractivity contribution in [2.45, 2.75) is 65.5 Å². The Kier molecular flexibility index (Phi) is 5.08. The first-order valence-electron chi connectivity index (χ1n) is 8.10. The molecule has 0 bridgehead atoms. The van der Waals surface area contributed by atoms with E-state index >= 15 is 0 Å². The van der Waals surface area contributed by atoms with Gasteiger partial charge in [-0.15, -0.1) is 0 Å². The molecular weight excluding hydrogens is 220 g/mol. The highest BCUT2D eigenvalue weighted by Gasteiger charge is 2.34. The fourth-order valence-corrected chi connectivity index (χ4v) is 3.50. The largest absolute Gasteiger partial charge is 0.298 e. The molecule has 2 nitrogen and oxygen atoms in total. The second-order valence-corrected chi connectivity index (χ2v) is 6.88. The van der Waals surface area contributed by atoms with Crippen LogP contribution in [-0.2, 0) is 0 Å². The number of piperidine rings is 1. The maximum Gasteiger partial charge on any atom is 0.0223 e. The van der Waals surface area contributed by atoms with Gasteiger partial charge >= 0.3 is 0 Å². The lowest BCUT2D eigenvalue weighted by Crippen LogP contribution is -2.60. The van der Waals surface area contributed by atoms with Crippen molar-refractivity contribution >= 4 is 0 Å². The number of hydrogen-bond donors (Lipinski definition) is 0. The monoisotopic (exact) mass is 252 g/mol. The molecule has 2 heteroatoms. The van der Waals surface area contributed by atoms with Crippen molar-refractivity contribution in [3.63, 3.8) is 0 Å². The van der Waals surface area contributed by atoms with Gasteiger partial charge in [0.1, 0.15) is 0 Å². The van der Waals surface area contributed by atoms with Gasteiger partial charge in [-0.3, -0.25) is 9.80 Å².